The van der Waals surface area contributed by atoms with Crippen molar-refractivity contribution in [2.45, 2.75) is 46.2 Å². The van der Waals surface area contributed by atoms with E-state index >= 15 is 0 Å². The highest BCUT2D eigenvalue weighted by Crippen LogP contribution is 2.19. The molecule has 0 saturated carbocycles. The summed E-state index contributed by atoms with van der Waals surface area (Å²) in [6, 6.07) is 5.92. The SMILES string of the molecule is CC(C)NC(C)C(C)Cc1ccc(Cl)c(F)c1. The Bertz CT molecular complexity index is 365. The zero-order valence-electron chi connectivity index (χ0n) is 10.9. The van der Waals surface area contributed by atoms with Crippen LogP contribution >= 0.6 is 11.6 Å². The Hall–Kier alpha value is -0.600. The fraction of sp³-hybridized carbons (Fsp3) is 0.571. The Kier molecular flexibility index (Phi) is 5.41. The van der Waals surface area contributed by atoms with Gasteiger partial charge in [0.1, 0.15) is 5.82 Å². The molecule has 1 N–H and O–H groups in total. The molecule has 2 unspecified atom stereocenters. The van der Waals surface area contributed by atoms with E-state index in [1.807, 2.05) is 6.07 Å². The molecule has 0 aromatic heterocycles. The minimum atomic E-state index is -0.333. The highest BCUT2D eigenvalue weighted by atomic mass is 35.5. The lowest BCUT2D eigenvalue weighted by atomic mass is 9.94. The van der Waals surface area contributed by atoms with E-state index in [2.05, 4.69) is 33.0 Å². The van der Waals surface area contributed by atoms with Crippen LogP contribution < -0.4 is 5.32 Å². The number of rotatable bonds is 5. The Morgan fingerprint density at radius 2 is 1.88 bits per heavy atom. The van der Waals surface area contributed by atoms with Gasteiger partial charge in [-0.2, -0.15) is 0 Å². The van der Waals surface area contributed by atoms with E-state index in [9.17, 15) is 4.39 Å². The standard InChI is InChI=1S/C14H21ClFN/c1-9(2)17-11(4)10(3)7-12-5-6-13(15)14(16)8-12/h5-6,8-11,17H,7H2,1-4H3. The highest BCUT2D eigenvalue weighted by Gasteiger charge is 2.14. The van der Waals surface area contributed by atoms with Crippen LogP contribution in [0.15, 0.2) is 18.2 Å². The van der Waals surface area contributed by atoms with Gasteiger partial charge < -0.3 is 5.32 Å². The molecule has 0 aliphatic heterocycles. The first kappa shape index (κ1) is 14.5. The molecule has 1 nitrogen and oxygen atoms in total. The maximum absolute atomic E-state index is 13.3. The van der Waals surface area contributed by atoms with Crippen molar-refractivity contribution in [2.75, 3.05) is 0 Å². The van der Waals surface area contributed by atoms with Gasteiger partial charge in [-0.05, 0) is 37.0 Å². The maximum Gasteiger partial charge on any atom is 0.142 e. The summed E-state index contributed by atoms with van der Waals surface area (Å²) < 4.78 is 13.3. The predicted octanol–water partition coefficient (Wildman–Crippen LogP) is 4.04. The summed E-state index contributed by atoms with van der Waals surface area (Å²) in [6.45, 7) is 8.60. The molecule has 3 heteroatoms. The largest absolute Gasteiger partial charge is 0.312 e. The van der Waals surface area contributed by atoms with Gasteiger partial charge in [-0.3, -0.25) is 0 Å². The third-order valence-corrected chi connectivity index (χ3v) is 3.30. The molecule has 0 heterocycles. The van der Waals surface area contributed by atoms with Gasteiger partial charge in [0.2, 0.25) is 0 Å². The predicted molar refractivity (Wildman–Crippen MR) is 72.0 cm³/mol. The molecule has 1 aromatic carbocycles. The molecule has 0 spiro atoms. The first-order chi connectivity index (χ1) is 7.90. The second-order valence-electron chi connectivity index (χ2n) is 5.04. The number of hydrogen-bond acceptors (Lipinski definition) is 1. The van der Waals surface area contributed by atoms with Crippen molar-refractivity contribution >= 4 is 11.6 Å². The second-order valence-corrected chi connectivity index (χ2v) is 5.45. The molecule has 1 rings (SSSR count). The molecule has 0 fully saturated rings. The van der Waals surface area contributed by atoms with Gasteiger partial charge in [0, 0.05) is 12.1 Å². The smallest absolute Gasteiger partial charge is 0.142 e. The normalized spacial score (nSPS) is 15.0. The molecule has 17 heavy (non-hydrogen) atoms. The Balaban J connectivity index is 2.61. The lowest BCUT2D eigenvalue weighted by molar-refractivity contribution is 0.371. The van der Waals surface area contributed by atoms with Gasteiger partial charge in [-0.1, -0.05) is 38.4 Å². The summed E-state index contributed by atoms with van der Waals surface area (Å²) in [4.78, 5) is 0. The summed E-state index contributed by atoms with van der Waals surface area (Å²) >= 11 is 5.66. The minimum Gasteiger partial charge on any atom is -0.312 e. The molecular weight excluding hydrogens is 237 g/mol. The highest BCUT2D eigenvalue weighted by molar-refractivity contribution is 6.30. The van der Waals surface area contributed by atoms with Crippen LogP contribution in [0, 0.1) is 11.7 Å². The number of nitrogens with one attached hydrogen (secondary N) is 1. The second kappa shape index (κ2) is 6.36. The summed E-state index contributed by atoms with van der Waals surface area (Å²) in [5.74, 6) is 0.124. The van der Waals surface area contributed by atoms with Crippen LogP contribution in [-0.4, -0.2) is 12.1 Å². The van der Waals surface area contributed by atoms with Crippen LogP contribution in [0.2, 0.25) is 5.02 Å². The monoisotopic (exact) mass is 257 g/mol. The van der Waals surface area contributed by atoms with E-state index in [4.69, 9.17) is 11.6 Å². The molecule has 0 amide bonds. The van der Waals surface area contributed by atoms with Crippen LogP contribution in [0.25, 0.3) is 0 Å². The average molecular weight is 258 g/mol. The topological polar surface area (TPSA) is 12.0 Å². The summed E-state index contributed by atoms with van der Waals surface area (Å²) in [6.07, 6.45) is 0.856. The number of hydrogen-bond donors (Lipinski definition) is 1. The van der Waals surface area contributed by atoms with E-state index in [0.717, 1.165) is 12.0 Å². The van der Waals surface area contributed by atoms with Crippen LogP contribution in [0.5, 0.6) is 0 Å². The zero-order valence-corrected chi connectivity index (χ0v) is 11.7. The third kappa shape index (κ3) is 4.64. The average Bonchev–Trinajstić information content (AvgIpc) is 2.22. The fourth-order valence-electron chi connectivity index (χ4n) is 1.91. The van der Waals surface area contributed by atoms with Crippen LogP contribution in [0.1, 0.15) is 33.3 Å². The lowest BCUT2D eigenvalue weighted by Crippen LogP contribution is -2.37. The lowest BCUT2D eigenvalue weighted by Gasteiger charge is -2.23. The van der Waals surface area contributed by atoms with Crippen molar-refractivity contribution in [1.82, 2.24) is 5.32 Å². The van der Waals surface area contributed by atoms with Gasteiger partial charge in [0.25, 0.3) is 0 Å². The van der Waals surface area contributed by atoms with Crippen LogP contribution in [0.3, 0.4) is 0 Å². The van der Waals surface area contributed by atoms with E-state index in [0.29, 0.717) is 18.0 Å². The molecule has 0 saturated heterocycles. The van der Waals surface area contributed by atoms with E-state index < -0.39 is 0 Å². The van der Waals surface area contributed by atoms with Crippen molar-refractivity contribution in [1.29, 1.82) is 0 Å². The first-order valence-electron chi connectivity index (χ1n) is 6.10. The Morgan fingerprint density at radius 1 is 1.24 bits per heavy atom. The first-order valence-corrected chi connectivity index (χ1v) is 6.48. The minimum absolute atomic E-state index is 0.190. The molecule has 0 aliphatic rings. The van der Waals surface area contributed by atoms with Crippen molar-refractivity contribution in [3.63, 3.8) is 0 Å². The van der Waals surface area contributed by atoms with E-state index in [1.165, 1.54) is 6.07 Å². The molecule has 0 aliphatic carbocycles. The fourth-order valence-corrected chi connectivity index (χ4v) is 2.02. The van der Waals surface area contributed by atoms with Crippen LogP contribution in [-0.2, 0) is 6.42 Å². The van der Waals surface area contributed by atoms with Gasteiger partial charge in [0.05, 0.1) is 5.02 Å². The van der Waals surface area contributed by atoms with Crippen LogP contribution in [0.4, 0.5) is 4.39 Å². The van der Waals surface area contributed by atoms with Gasteiger partial charge >= 0.3 is 0 Å². The van der Waals surface area contributed by atoms with Crippen molar-refractivity contribution in [3.8, 4) is 0 Å². The van der Waals surface area contributed by atoms with Crippen molar-refractivity contribution in [2.24, 2.45) is 5.92 Å². The number of halogens is 2. The molecule has 2 atom stereocenters. The molecule has 0 bridgehead atoms. The summed E-state index contributed by atoms with van der Waals surface area (Å²) in [7, 11) is 0. The Labute approximate surface area is 108 Å². The number of benzene rings is 1. The Morgan fingerprint density at radius 3 is 2.41 bits per heavy atom. The maximum atomic E-state index is 13.3. The summed E-state index contributed by atoms with van der Waals surface area (Å²) in [5.41, 5.74) is 0.997. The molecule has 0 radical (unpaired) electrons. The zero-order chi connectivity index (χ0) is 13.0. The van der Waals surface area contributed by atoms with Crippen molar-refractivity contribution in [3.05, 3.63) is 34.6 Å². The van der Waals surface area contributed by atoms with E-state index in [1.54, 1.807) is 6.07 Å². The molecule has 1 aromatic rings. The summed E-state index contributed by atoms with van der Waals surface area (Å²) in [5, 5.41) is 3.66. The van der Waals surface area contributed by atoms with E-state index in [-0.39, 0.29) is 10.8 Å². The van der Waals surface area contributed by atoms with Gasteiger partial charge in [-0.25, -0.2) is 4.39 Å². The quantitative estimate of drug-likeness (QED) is 0.839. The molecular formula is C14H21ClFN. The third-order valence-electron chi connectivity index (χ3n) is 2.99. The molecule has 96 valence electrons. The van der Waals surface area contributed by atoms with Gasteiger partial charge in [-0.15, -0.1) is 0 Å². The van der Waals surface area contributed by atoms with Crippen molar-refractivity contribution < 1.29 is 4.39 Å². The van der Waals surface area contributed by atoms with Gasteiger partial charge in [0.15, 0.2) is 0 Å².